The Bertz CT molecular complexity index is 923. The third-order valence-corrected chi connectivity index (χ3v) is 5.03. The molecule has 3 rings (SSSR count). The summed E-state index contributed by atoms with van der Waals surface area (Å²) in [6.07, 6.45) is 0. The first-order valence-corrected chi connectivity index (χ1v) is 9.93. The van der Waals surface area contributed by atoms with Crippen molar-refractivity contribution in [2.45, 2.75) is 39.3 Å². The number of amides is 1. The zero-order chi connectivity index (χ0) is 20.9. The van der Waals surface area contributed by atoms with Crippen molar-refractivity contribution in [2.24, 2.45) is 0 Å². The van der Waals surface area contributed by atoms with Crippen LogP contribution < -0.4 is 4.74 Å². The molecule has 3 nitrogen and oxygen atoms in total. The number of nitrogens with zero attached hydrogens (tertiary/aromatic N) is 1. The predicted molar refractivity (Wildman–Crippen MR) is 118 cm³/mol. The average Bonchev–Trinajstić information content (AvgIpc) is 2.73. The number of ether oxygens (including phenoxy) is 1. The molecule has 0 unspecified atom stereocenters. The van der Waals surface area contributed by atoms with E-state index < -0.39 is 0 Å². The summed E-state index contributed by atoms with van der Waals surface area (Å²) in [5.74, 6) is 0.755. The van der Waals surface area contributed by atoms with Gasteiger partial charge in [0.25, 0.3) is 5.91 Å². The molecule has 0 bridgehead atoms. The van der Waals surface area contributed by atoms with Crippen molar-refractivity contribution in [2.75, 3.05) is 7.11 Å². The van der Waals surface area contributed by atoms with Gasteiger partial charge in [0.2, 0.25) is 0 Å². The molecular formula is C26H29NO2. The lowest BCUT2D eigenvalue weighted by Crippen LogP contribution is -2.30. The van der Waals surface area contributed by atoms with Gasteiger partial charge in [-0.2, -0.15) is 0 Å². The summed E-state index contributed by atoms with van der Waals surface area (Å²) in [5.41, 5.74) is 4.29. The maximum Gasteiger partial charge on any atom is 0.254 e. The second-order valence-electron chi connectivity index (χ2n) is 8.32. The first-order valence-electron chi connectivity index (χ1n) is 9.93. The van der Waals surface area contributed by atoms with E-state index in [0.29, 0.717) is 18.7 Å². The maximum absolute atomic E-state index is 13.3. The van der Waals surface area contributed by atoms with Gasteiger partial charge in [-0.05, 0) is 46.4 Å². The Kier molecular flexibility index (Phi) is 6.38. The summed E-state index contributed by atoms with van der Waals surface area (Å²) in [5, 5.41) is 0. The van der Waals surface area contributed by atoms with Gasteiger partial charge in [-0.3, -0.25) is 4.79 Å². The van der Waals surface area contributed by atoms with E-state index in [1.807, 2.05) is 47.4 Å². The minimum absolute atomic E-state index is 0.0106. The minimum atomic E-state index is 0.0106. The van der Waals surface area contributed by atoms with E-state index in [1.165, 1.54) is 5.56 Å². The zero-order valence-electron chi connectivity index (χ0n) is 17.7. The fourth-order valence-electron chi connectivity index (χ4n) is 3.25. The number of hydrogen-bond acceptors (Lipinski definition) is 2. The second-order valence-corrected chi connectivity index (χ2v) is 8.32. The van der Waals surface area contributed by atoms with Gasteiger partial charge in [0.05, 0.1) is 7.11 Å². The minimum Gasteiger partial charge on any atom is -0.497 e. The molecule has 0 fully saturated rings. The Morgan fingerprint density at radius 2 is 1.34 bits per heavy atom. The Balaban J connectivity index is 1.85. The van der Waals surface area contributed by atoms with Gasteiger partial charge >= 0.3 is 0 Å². The molecule has 0 heterocycles. The van der Waals surface area contributed by atoms with Crippen LogP contribution in [0.2, 0.25) is 0 Å². The van der Waals surface area contributed by atoms with Crippen LogP contribution in [-0.2, 0) is 18.5 Å². The van der Waals surface area contributed by atoms with Gasteiger partial charge in [0.15, 0.2) is 0 Å². The lowest BCUT2D eigenvalue weighted by molar-refractivity contribution is 0.0730. The molecule has 1 amide bonds. The van der Waals surface area contributed by atoms with Crippen LogP contribution in [0, 0.1) is 0 Å². The SMILES string of the molecule is COc1ccc(C(=O)N(Cc2ccccc2)Cc2ccc(C(C)(C)C)cc2)cc1. The molecule has 150 valence electrons. The molecule has 0 saturated carbocycles. The van der Waals surface area contributed by atoms with Crippen LogP contribution in [0.3, 0.4) is 0 Å². The smallest absolute Gasteiger partial charge is 0.254 e. The molecule has 0 atom stereocenters. The van der Waals surface area contributed by atoms with Gasteiger partial charge in [-0.1, -0.05) is 75.4 Å². The fraction of sp³-hybridized carbons (Fsp3) is 0.269. The highest BCUT2D eigenvalue weighted by atomic mass is 16.5. The van der Waals surface area contributed by atoms with Gasteiger partial charge in [-0.15, -0.1) is 0 Å². The topological polar surface area (TPSA) is 29.5 Å². The molecule has 3 aromatic rings. The third-order valence-electron chi connectivity index (χ3n) is 5.03. The number of carbonyl (C=O) groups excluding carboxylic acids is 1. The Labute approximate surface area is 174 Å². The largest absolute Gasteiger partial charge is 0.497 e. The number of rotatable bonds is 6. The highest BCUT2D eigenvalue weighted by molar-refractivity contribution is 5.94. The summed E-state index contributed by atoms with van der Waals surface area (Å²) in [6.45, 7) is 7.74. The maximum atomic E-state index is 13.3. The average molecular weight is 388 g/mol. The highest BCUT2D eigenvalue weighted by Gasteiger charge is 2.18. The monoisotopic (exact) mass is 387 g/mol. The molecule has 0 spiro atoms. The van der Waals surface area contributed by atoms with Gasteiger partial charge in [-0.25, -0.2) is 0 Å². The van der Waals surface area contributed by atoms with Crippen molar-refractivity contribution in [3.8, 4) is 5.75 Å². The second kappa shape index (κ2) is 8.95. The molecule has 3 aromatic carbocycles. The Morgan fingerprint density at radius 3 is 1.86 bits per heavy atom. The van der Waals surface area contributed by atoms with E-state index in [9.17, 15) is 4.79 Å². The quantitative estimate of drug-likeness (QED) is 0.532. The first-order chi connectivity index (χ1) is 13.9. The van der Waals surface area contributed by atoms with E-state index in [2.05, 4.69) is 57.2 Å². The van der Waals surface area contributed by atoms with Crippen molar-refractivity contribution in [1.82, 2.24) is 4.90 Å². The summed E-state index contributed by atoms with van der Waals surface area (Å²) in [6, 6.07) is 26.0. The van der Waals surface area contributed by atoms with Crippen molar-refractivity contribution >= 4 is 5.91 Å². The van der Waals surface area contributed by atoms with Crippen molar-refractivity contribution < 1.29 is 9.53 Å². The van der Waals surface area contributed by atoms with Crippen LogP contribution in [-0.4, -0.2) is 17.9 Å². The summed E-state index contributed by atoms with van der Waals surface area (Å²) >= 11 is 0. The predicted octanol–water partition coefficient (Wildman–Crippen LogP) is 5.84. The van der Waals surface area contributed by atoms with Crippen LogP contribution in [0.1, 0.15) is 47.8 Å². The van der Waals surface area contributed by atoms with Crippen molar-refractivity contribution in [1.29, 1.82) is 0 Å². The van der Waals surface area contributed by atoms with Crippen molar-refractivity contribution in [3.05, 3.63) is 101 Å². The van der Waals surface area contributed by atoms with Gasteiger partial charge in [0.1, 0.15) is 5.75 Å². The first kappa shape index (κ1) is 20.7. The molecule has 0 aliphatic carbocycles. The Hall–Kier alpha value is -3.07. The molecular weight excluding hydrogens is 358 g/mol. The number of carbonyl (C=O) groups is 1. The van der Waals surface area contributed by atoms with Gasteiger partial charge in [0, 0.05) is 18.7 Å². The lowest BCUT2D eigenvalue weighted by Gasteiger charge is -2.24. The lowest BCUT2D eigenvalue weighted by atomic mass is 9.87. The van der Waals surface area contributed by atoms with E-state index in [4.69, 9.17) is 4.74 Å². The summed E-state index contributed by atoms with van der Waals surface area (Å²) in [4.78, 5) is 15.2. The molecule has 3 heteroatoms. The Morgan fingerprint density at radius 1 is 0.793 bits per heavy atom. The molecule has 0 saturated heterocycles. The number of hydrogen-bond donors (Lipinski definition) is 0. The molecule has 0 aliphatic rings. The standard InChI is InChI=1S/C26H29NO2/c1-26(2,3)23-14-10-21(11-15-23)19-27(18-20-8-6-5-7-9-20)25(28)22-12-16-24(29-4)17-13-22/h5-17H,18-19H2,1-4H3. The van der Waals surface area contributed by atoms with Crippen LogP contribution in [0.5, 0.6) is 5.75 Å². The van der Waals surface area contributed by atoms with Crippen LogP contribution in [0.25, 0.3) is 0 Å². The van der Waals surface area contributed by atoms with Crippen molar-refractivity contribution in [3.63, 3.8) is 0 Å². The van der Waals surface area contributed by atoms with E-state index >= 15 is 0 Å². The van der Waals surface area contributed by atoms with Crippen LogP contribution >= 0.6 is 0 Å². The molecule has 0 N–H and O–H groups in total. The zero-order valence-corrected chi connectivity index (χ0v) is 17.7. The highest BCUT2D eigenvalue weighted by Crippen LogP contribution is 2.23. The third kappa shape index (κ3) is 5.47. The summed E-state index contributed by atoms with van der Waals surface area (Å²) in [7, 11) is 1.62. The van der Waals surface area contributed by atoms with Crippen LogP contribution in [0.15, 0.2) is 78.9 Å². The molecule has 29 heavy (non-hydrogen) atoms. The number of benzene rings is 3. The molecule has 0 aromatic heterocycles. The number of methoxy groups -OCH3 is 1. The normalized spacial score (nSPS) is 11.2. The van der Waals surface area contributed by atoms with E-state index in [-0.39, 0.29) is 11.3 Å². The summed E-state index contributed by atoms with van der Waals surface area (Å²) < 4.78 is 5.21. The van der Waals surface area contributed by atoms with E-state index in [1.54, 1.807) is 7.11 Å². The van der Waals surface area contributed by atoms with Crippen LogP contribution in [0.4, 0.5) is 0 Å². The van der Waals surface area contributed by atoms with Gasteiger partial charge < -0.3 is 9.64 Å². The fourth-order valence-corrected chi connectivity index (χ4v) is 3.25. The van der Waals surface area contributed by atoms with E-state index in [0.717, 1.165) is 16.9 Å². The molecule has 0 aliphatic heterocycles. The molecule has 0 radical (unpaired) electrons.